The fourth-order valence-electron chi connectivity index (χ4n) is 3.97. The number of ether oxygens (including phenoxy) is 2. The quantitative estimate of drug-likeness (QED) is 0.592. The molecule has 0 spiro atoms. The van der Waals surface area contributed by atoms with Crippen molar-refractivity contribution in [1.29, 1.82) is 0 Å². The van der Waals surface area contributed by atoms with Gasteiger partial charge in [0.25, 0.3) is 0 Å². The molecule has 0 radical (unpaired) electrons. The molecule has 3 rings (SSSR count). The van der Waals surface area contributed by atoms with E-state index in [1.165, 1.54) is 4.31 Å². The molecule has 0 aliphatic carbocycles. The molecule has 180 valence electrons. The zero-order chi connectivity index (χ0) is 24.0. The number of carbonyl (C=O) groups is 1. The Labute approximate surface area is 197 Å². The van der Waals surface area contributed by atoms with E-state index in [9.17, 15) is 13.2 Å². The third-order valence-corrected chi connectivity index (χ3v) is 7.82. The predicted molar refractivity (Wildman–Crippen MR) is 128 cm³/mol. The smallest absolute Gasteiger partial charge is 0.243 e. The number of rotatable bonds is 9. The fourth-order valence-corrected chi connectivity index (χ4v) is 5.44. The van der Waals surface area contributed by atoms with E-state index in [0.29, 0.717) is 55.5 Å². The number of aryl methyl sites for hydroxylation is 1. The molecule has 33 heavy (non-hydrogen) atoms. The topological polar surface area (TPSA) is 84.9 Å². The number of piperidine rings is 1. The van der Waals surface area contributed by atoms with Crippen molar-refractivity contribution in [2.45, 2.75) is 51.5 Å². The summed E-state index contributed by atoms with van der Waals surface area (Å²) in [6.07, 6.45) is 0.994. The number of hydrogen-bond donors (Lipinski definition) is 1. The summed E-state index contributed by atoms with van der Waals surface area (Å²) in [4.78, 5) is 13.2. The average molecular weight is 475 g/mol. The highest BCUT2D eigenvalue weighted by Crippen LogP contribution is 2.31. The first-order valence-electron chi connectivity index (χ1n) is 11.5. The molecule has 0 bridgehead atoms. The van der Waals surface area contributed by atoms with E-state index in [2.05, 4.69) is 5.32 Å². The fraction of sp³-hybridized carbons (Fsp3) is 0.480. The van der Waals surface area contributed by atoms with Crippen LogP contribution in [0.4, 0.5) is 0 Å². The third-order valence-electron chi connectivity index (χ3n) is 5.91. The molecular weight excluding hydrogens is 440 g/mol. The number of amides is 1. The summed E-state index contributed by atoms with van der Waals surface area (Å²) in [7, 11) is -3.54. The van der Waals surface area contributed by atoms with Crippen LogP contribution in [0.3, 0.4) is 0 Å². The number of nitrogens with one attached hydrogen (secondary N) is 1. The summed E-state index contributed by atoms with van der Waals surface area (Å²) in [5, 5.41) is 3.07. The molecule has 2 aromatic carbocycles. The molecule has 0 aromatic heterocycles. The summed E-state index contributed by atoms with van der Waals surface area (Å²) >= 11 is 0. The number of hydrogen-bond acceptors (Lipinski definition) is 5. The first-order valence-corrected chi connectivity index (χ1v) is 13.0. The van der Waals surface area contributed by atoms with Crippen LogP contribution in [0.1, 0.15) is 50.8 Å². The van der Waals surface area contributed by atoms with Gasteiger partial charge in [-0.1, -0.05) is 23.8 Å². The van der Waals surface area contributed by atoms with E-state index >= 15 is 0 Å². The lowest BCUT2D eigenvalue weighted by atomic mass is 9.96. The van der Waals surface area contributed by atoms with Crippen LogP contribution in [0.25, 0.3) is 0 Å². The maximum atomic E-state index is 12.9. The van der Waals surface area contributed by atoms with Gasteiger partial charge in [-0.3, -0.25) is 4.79 Å². The van der Waals surface area contributed by atoms with Gasteiger partial charge in [0.1, 0.15) is 0 Å². The van der Waals surface area contributed by atoms with E-state index < -0.39 is 10.0 Å². The second kappa shape index (κ2) is 11.0. The van der Waals surface area contributed by atoms with Gasteiger partial charge >= 0.3 is 0 Å². The minimum absolute atomic E-state index is 0.0540. The number of benzene rings is 2. The normalized spacial score (nSPS) is 16.2. The first kappa shape index (κ1) is 25.1. The van der Waals surface area contributed by atoms with E-state index in [1.807, 2.05) is 45.9 Å². The predicted octanol–water partition coefficient (Wildman–Crippen LogP) is 4.07. The minimum Gasteiger partial charge on any atom is -0.490 e. The lowest BCUT2D eigenvalue weighted by Crippen LogP contribution is -2.43. The Morgan fingerprint density at radius 2 is 1.64 bits per heavy atom. The molecule has 1 aliphatic rings. The van der Waals surface area contributed by atoms with E-state index in [1.54, 1.807) is 24.3 Å². The van der Waals surface area contributed by atoms with Gasteiger partial charge in [-0.25, -0.2) is 8.42 Å². The monoisotopic (exact) mass is 474 g/mol. The summed E-state index contributed by atoms with van der Waals surface area (Å²) in [5.41, 5.74) is 1.94. The Morgan fingerprint density at radius 1 is 1.03 bits per heavy atom. The van der Waals surface area contributed by atoms with Gasteiger partial charge in [0.2, 0.25) is 15.9 Å². The third kappa shape index (κ3) is 6.06. The van der Waals surface area contributed by atoms with E-state index in [-0.39, 0.29) is 17.9 Å². The van der Waals surface area contributed by atoms with Crippen LogP contribution < -0.4 is 14.8 Å². The molecule has 7 nitrogen and oxygen atoms in total. The Kier molecular flexibility index (Phi) is 8.37. The number of carbonyl (C=O) groups excluding carboxylic acids is 1. The summed E-state index contributed by atoms with van der Waals surface area (Å²) in [6, 6.07) is 12.4. The van der Waals surface area contributed by atoms with Gasteiger partial charge in [0.15, 0.2) is 11.5 Å². The summed E-state index contributed by atoms with van der Waals surface area (Å²) in [5.74, 6) is 1.07. The molecular formula is C25H34N2O5S. The zero-order valence-corrected chi connectivity index (χ0v) is 20.7. The van der Waals surface area contributed by atoms with Gasteiger partial charge < -0.3 is 14.8 Å². The first-order chi connectivity index (χ1) is 15.8. The van der Waals surface area contributed by atoms with Gasteiger partial charge in [0.05, 0.1) is 24.2 Å². The van der Waals surface area contributed by atoms with Crippen LogP contribution in [0.2, 0.25) is 0 Å². The molecule has 1 atom stereocenters. The molecule has 1 heterocycles. The molecule has 1 fully saturated rings. The van der Waals surface area contributed by atoms with Crippen molar-refractivity contribution < 1.29 is 22.7 Å². The van der Waals surface area contributed by atoms with Crippen molar-refractivity contribution in [2.24, 2.45) is 5.92 Å². The molecule has 1 N–H and O–H groups in total. The Bertz CT molecular complexity index is 1040. The van der Waals surface area contributed by atoms with Crippen molar-refractivity contribution in [3.63, 3.8) is 0 Å². The molecule has 2 aromatic rings. The largest absolute Gasteiger partial charge is 0.490 e. The summed E-state index contributed by atoms with van der Waals surface area (Å²) in [6.45, 7) is 9.42. The highest BCUT2D eigenvalue weighted by atomic mass is 32.2. The van der Waals surface area contributed by atoms with Crippen LogP contribution in [0.15, 0.2) is 47.4 Å². The van der Waals surface area contributed by atoms with Crippen LogP contribution in [-0.2, 0) is 14.8 Å². The van der Waals surface area contributed by atoms with E-state index in [4.69, 9.17) is 9.47 Å². The number of sulfonamides is 1. The van der Waals surface area contributed by atoms with Crippen LogP contribution in [-0.4, -0.2) is 44.9 Å². The molecule has 0 saturated carbocycles. The van der Waals surface area contributed by atoms with Crippen LogP contribution >= 0.6 is 0 Å². The number of nitrogens with zero attached hydrogens (tertiary/aromatic N) is 1. The average Bonchev–Trinajstić information content (AvgIpc) is 2.81. The molecule has 8 heteroatoms. The second-order valence-electron chi connectivity index (χ2n) is 8.29. The Balaban J connectivity index is 1.60. The van der Waals surface area contributed by atoms with Gasteiger partial charge in [-0.2, -0.15) is 4.31 Å². The minimum atomic E-state index is -3.54. The highest BCUT2D eigenvalue weighted by molar-refractivity contribution is 7.89. The Hall–Kier alpha value is -2.58. The van der Waals surface area contributed by atoms with Crippen molar-refractivity contribution in [1.82, 2.24) is 9.62 Å². The van der Waals surface area contributed by atoms with Crippen LogP contribution in [0, 0.1) is 12.8 Å². The molecule has 0 unspecified atom stereocenters. The van der Waals surface area contributed by atoms with Gasteiger partial charge in [-0.05, 0) is 70.4 Å². The molecule has 1 amide bonds. The van der Waals surface area contributed by atoms with Gasteiger partial charge in [-0.15, -0.1) is 0 Å². The Morgan fingerprint density at radius 3 is 2.24 bits per heavy atom. The van der Waals surface area contributed by atoms with Crippen molar-refractivity contribution in [2.75, 3.05) is 26.3 Å². The molecule has 1 aliphatic heterocycles. The lowest BCUT2D eigenvalue weighted by Gasteiger charge is -2.31. The maximum absolute atomic E-state index is 12.9. The van der Waals surface area contributed by atoms with E-state index in [0.717, 1.165) is 11.1 Å². The lowest BCUT2D eigenvalue weighted by molar-refractivity contribution is -0.126. The standard InChI is InChI=1S/C25H34N2O5S/c1-5-31-23-12-9-21(17-24(23)32-6-2)19(4)26-25(28)20-13-15-27(16-14-20)33(29,30)22-10-7-18(3)8-11-22/h7-12,17,19-20H,5-6,13-16H2,1-4H3,(H,26,28)/t19-/m0/s1. The maximum Gasteiger partial charge on any atom is 0.243 e. The summed E-state index contributed by atoms with van der Waals surface area (Å²) < 4.78 is 38.6. The van der Waals surface area contributed by atoms with Crippen molar-refractivity contribution in [3.05, 3.63) is 53.6 Å². The zero-order valence-electron chi connectivity index (χ0n) is 19.8. The van der Waals surface area contributed by atoms with Gasteiger partial charge in [0, 0.05) is 19.0 Å². The van der Waals surface area contributed by atoms with Crippen LogP contribution in [0.5, 0.6) is 11.5 Å². The SMILES string of the molecule is CCOc1ccc([C@H](C)NC(=O)C2CCN(S(=O)(=O)c3ccc(C)cc3)CC2)cc1OCC. The van der Waals surface area contributed by atoms with Crippen molar-refractivity contribution >= 4 is 15.9 Å². The molecule has 1 saturated heterocycles. The second-order valence-corrected chi connectivity index (χ2v) is 10.2. The highest BCUT2D eigenvalue weighted by Gasteiger charge is 2.32. The van der Waals surface area contributed by atoms with Crippen molar-refractivity contribution in [3.8, 4) is 11.5 Å².